The molecule has 15 nitrogen and oxygen atoms in total. The summed E-state index contributed by atoms with van der Waals surface area (Å²) in [5, 5.41) is 2.93. The Hall–Kier alpha value is -5.35. The van der Waals surface area contributed by atoms with Gasteiger partial charge in [-0.3, -0.25) is 14.0 Å². The molecule has 1 aliphatic heterocycles. The number of nitrogens with one attached hydrogen (secondary N) is 1. The molecule has 1 N–H and O–H groups in total. The number of aromatic nitrogens is 4. The van der Waals surface area contributed by atoms with Crippen molar-refractivity contribution in [2.75, 3.05) is 66.3 Å². The fourth-order valence-corrected chi connectivity index (χ4v) is 11.0. The summed E-state index contributed by atoms with van der Waals surface area (Å²) in [6.07, 6.45) is 1.68. The van der Waals surface area contributed by atoms with Crippen LogP contribution in [0.15, 0.2) is 122 Å². The Morgan fingerprint density at radius 2 is 1.34 bits per heavy atom. The van der Waals surface area contributed by atoms with Gasteiger partial charge in [-0.25, -0.2) is 15.0 Å². The summed E-state index contributed by atoms with van der Waals surface area (Å²) in [7, 11) is 5.42. The van der Waals surface area contributed by atoms with Crippen LogP contribution in [0.3, 0.4) is 0 Å². The van der Waals surface area contributed by atoms with Gasteiger partial charge in [-0.1, -0.05) is 72.8 Å². The lowest BCUT2D eigenvalue weighted by Crippen LogP contribution is -2.43. The number of carbonyl (C=O) groups excluding carboxylic acids is 1. The summed E-state index contributed by atoms with van der Waals surface area (Å²) < 4.78 is 55.7. The van der Waals surface area contributed by atoms with Gasteiger partial charge in [0.2, 0.25) is 0 Å². The van der Waals surface area contributed by atoms with Crippen LogP contribution < -0.4 is 14.8 Å². The van der Waals surface area contributed by atoms with Crippen molar-refractivity contribution < 1.29 is 42.5 Å². The Bertz CT molecular complexity index is 2390. The summed E-state index contributed by atoms with van der Waals surface area (Å²) in [4.78, 5) is 27.2. The van der Waals surface area contributed by atoms with Crippen molar-refractivity contribution in [2.45, 2.75) is 76.3 Å². The molecule has 6 aromatic rings. The highest BCUT2D eigenvalue weighted by Crippen LogP contribution is 2.51. The number of nitrogens with zero attached hydrogens (tertiary/aromatic N) is 5. The van der Waals surface area contributed by atoms with Gasteiger partial charge >= 0.3 is 0 Å². The van der Waals surface area contributed by atoms with E-state index in [0.717, 1.165) is 29.3 Å². The van der Waals surface area contributed by atoms with Gasteiger partial charge in [-0.2, -0.15) is 0 Å². The van der Waals surface area contributed by atoms with Crippen molar-refractivity contribution in [3.63, 3.8) is 0 Å². The largest absolute Gasteiger partial charge is 0.497 e. The number of methoxy groups -OCH3 is 4. The lowest BCUT2D eigenvalue weighted by molar-refractivity contribution is -0.0965. The molecule has 67 heavy (non-hydrogen) atoms. The Morgan fingerprint density at radius 3 is 1.93 bits per heavy atom. The molecule has 0 spiro atoms. The third kappa shape index (κ3) is 11.3. The molecule has 16 heteroatoms. The minimum Gasteiger partial charge on any atom is -0.497 e. The van der Waals surface area contributed by atoms with E-state index in [-0.39, 0.29) is 37.0 Å². The third-order valence-electron chi connectivity index (χ3n) is 11.7. The van der Waals surface area contributed by atoms with Gasteiger partial charge in [0.1, 0.15) is 50.0 Å². The fraction of sp³-hybridized carbons (Fsp3) is 0.412. The van der Waals surface area contributed by atoms with Crippen LogP contribution in [0.1, 0.15) is 67.4 Å². The average Bonchev–Trinajstić information content (AvgIpc) is 3.94. The first-order chi connectivity index (χ1) is 32.6. The molecule has 1 unspecified atom stereocenters. The van der Waals surface area contributed by atoms with Gasteiger partial charge in [0.15, 0.2) is 23.2 Å². The summed E-state index contributed by atoms with van der Waals surface area (Å²) in [5.41, 5.74) is 2.81. The second kappa shape index (κ2) is 23.6. The van der Waals surface area contributed by atoms with Crippen LogP contribution in [-0.4, -0.2) is 122 Å². The Morgan fingerprint density at radius 1 is 0.746 bits per heavy atom. The summed E-state index contributed by atoms with van der Waals surface area (Å²) >= 11 is 0. The highest BCUT2D eigenvalue weighted by atomic mass is 31.2. The molecule has 2 aromatic heterocycles. The molecule has 3 heterocycles. The zero-order chi connectivity index (χ0) is 47.3. The van der Waals surface area contributed by atoms with E-state index in [2.05, 4.69) is 54.8 Å². The number of amides is 1. The van der Waals surface area contributed by atoms with E-state index < -0.39 is 38.4 Å². The molecule has 1 fully saturated rings. The molecule has 1 saturated heterocycles. The molecule has 7 rings (SSSR count). The lowest BCUT2D eigenvalue weighted by Gasteiger charge is -2.40. The molecule has 1 aliphatic rings. The monoisotopic (exact) mass is 934 g/mol. The number of imidazole rings is 1. The second-order valence-electron chi connectivity index (χ2n) is 16.6. The minimum atomic E-state index is -1.25. The number of rotatable bonds is 24. The van der Waals surface area contributed by atoms with Gasteiger partial charge in [0.05, 0.1) is 40.4 Å². The first-order valence-electron chi connectivity index (χ1n) is 22.6. The van der Waals surface area contributed by atoms with E-state index in [1.165, 1.54) is 6.33 Å². The zero-order valence-electron chi connectivity index (χ0n) is 39.6. The molecule has 356 valence electrons. The first-order valence-corrected chi connectivity index (χ1v) is 24.0. The molecule has 0 radical (unpaired) electrons. The number of carbonyl (C=O) groups is 1. The van der Waals surface area contributed by atoms with Gasteiger partial charge < -0.3 is 43.0 Å². The average molecular weight is 935 g/mol. The normalized spacial score (nSPS) is 18.0. The Labute approximate surface area is 394 Å². The maximum atomic E-state index is 13.4. The van der Waals surface area contributed by atoms with E-state index in [9.17, 15) is 4.79 Å². The fourth-order valence-electron chi connectivity index (χ4n) is 8.64. The maximum absolute atomic E-state index is 13.4. The van der Waals surface area contributed by atoms with Gasteiger partial charge in [0.25, 0.3) is 5.91 Å². The van der Waals surface area contributed by atoms with Crippen molar-refractivity contribution >= 4 is 31.2 Å². The van der Waals surface area contributed by atoms with E-state index in [1.54, 1.807) is 46.9 Å². The predicted octanol–water partition coefficient (Wildman–Crippen LogP) is 8.89. The Balaban J connectivity index is 1.36. The molecular weight excluding hydrogens is 872 g/mol. The lowest BCUT2D eigenvalue weighted by atomic mass is 9.80. The molecule has 5 atom stereocenters. The number of hydrogen-bond acceptors (Lipinski definition) is 13. The number of hydrogen-bond donors (Lipinski definition) is 1. The minimum absolute atomic E-state index is 0.0584. The van der Waals surface area contributed by atoms with E-state index in [1.807, 2.05) is 89.5 Å². The van der Waals surface area contributed by atoms with Gasteiger partial charge in [-0.05, 0) is 87.2 Å². The van der Waals surface area contributed by atoms with Gasteiger partial charge in [0, 0.05) is 44.6 Å². The van der Waals surface area contributed by atoms with Crippen LogP contribution >= 0.6 is 8.30 Å². The van der Waals surface area contributed by atoms with E-state index in [0.29, 0.717) is 41.4 Å². The first kappa shape index (κ1) is 49.6. The van der Waals surface area contributed by atoms with Crippen molar-refractivity contribution in [1.82, 2.24) is 24.2 Å². The van der Waals surface area contributed by atoms with E-state index >= 15 is 0 Å². The van der Waals surface area contributed by atoms with Crippen molar-refractivity contribution in [2.24, 2.45) is 0 Å². The standard InChI is InChI=1S/C51H63N6O9P/c1-35(2)57(36(3)4)67(31-15-28-59-5)66-45-43(32-64-51(38-18-13-10-14-19-38,39-20-24-41(61-7)25-21-39)40-22-26-42(62-8)27-23-40)65-50(46(45)63-30-29-60-6)56-34-54-44-47(52-33-53-48(44)56)55-49(58)37-16-11-9-12-17-37/h9-14,16-27,33-36,43,45-46,50H,15,28-32H2,1-8H3,(H,52,53,55,58)/t43-,45-,46-,50-,67?/m1/s1. The van der Waals surface area contributed by atoms with Crippen LogP contribution in [0.25, 0.3) is 11.2 Å². The van der Waals surface area contributed by atoms with Crippen LogP contribution in [0, 0.1) is 0 Å². The van der Waals surface area contributed by atoms with Crippen LogP contribution in [0.4, 0.5) is 5.82 Å². The third-order valence-corrected chi connectivity index (χ3v) is 14.3. The maximum Gasteiger partial charge on any atom is 0.256 e. The smallest absolute Gasteiger partial charge is 0.256 e. The molecule has 4 aromatic carbocycles. The van der Waals surface area contributed by atoms with Crippen LogP contribution in [0.2, 0.25) is 0 Å². The highest BCUT2D eigenvalue weighted by molar-refractivity contribution is 7.50. The zero-order valence-corrected chi connectivity index (χ0v) is 40.5. The highest BCUT2D eigenvalue weighted by Gasteiger charge is 2.51. The van der Waals surface area contributed by atoms with E-state index in [4.69, 9.17) is 47.6 Å². The van der Waals surface area contributed by atoms with Crippen molar-refractivity contribution in [1.29, 1.82) is 0 Å². The summed E-state index contributed by atoms with van der Waals surface area (Å²) in [6.45, 7) is 10.0. The molecular formula is C51H63N6O9P. The van der Waals surface area contributed by atoms with Crippen molar-refractivity contribution in [3.8, 4) is 11.5 Å². The summed E-state index contributed by atoms with van der Waals surface area (Å²) in [5.74, 6) is 1.37. The van der Waals surface area contributed by atoms with Crippen molar-refractivity contribution in [3.05, 3.63) is 144 Å². The molecule has 0 aliphatic carbocycles. The van der Waals surface area contributed by atoms with Crippen LogP contribution in [0.5, 0.6) is 11.5 Å². The quantitative estimate of drug-likeness (QED) is 0.0350. The van der Waals surface area contributed by atoms with Gasteiger partial charge in [-0.15, -0.1) is 0 Å². The topological polar surface area (TPSA) is 150 Å². The predicted molar refractivity (Wildman–Crippen MR) is 259 cm³/mol. The molecule has 0 saturated carbocycles. The number of fused-ring (bicyclic) bond motifs is 1. The molecule has 0 bridgehead atoms. The number of anilines is 1. The summed E-state index contributed by atoms with van der Waals surface area (Å²) in [6, 6.07) is 35.3. The number of ether oxygens (including phenoxy) is 7. The Kier molecular flexibility index (Phi) is 17.4. The van der Waals surface area contributed by atoms with Crippen LogP contribution in [-0.2, 0) is 33.8 Å². The molecule has 1 amide bonds. The SMILES string of the molecule is COCCCP(O[C@H]1[C@@H](OCCOC)[C@H](n2cnc3c(NC(=O)c4ccccc4)ncnc32)O[C@@H]1COC(c1ccccc1)(c1ccc(OC)cc1)c1ccc(OC)cc1)N(C(C)C)C(C)C. The second-order valence-corrected chi connectivity index (χ2v) is 18.5. The number of benzene rings is 4.